The summed E-state index contributed by atoms with van der Waals surface area (Å²) in [7, 11) is 0. The van der Waals surface area contributed by atoms with Crippen LogP contribution >= 0.6 is 0 Å². The highest BCUT2D eigenvalue weighted by Gasteiger charge is 2.37. The summed E-state index contributed by atoms with van der Waals surface area (Å²) in [6.07, 6.45) is 2.22. The van der Waals surface area contributed by atoms with Gasteiger partial charge in [-0.3, -0.25) is 0 Å². The Morgan fingerprint density at radius 1 is 1.42 bits per heavy atom. The maximum atomic E-state index is 13.1. The van der Waals surface area contributed by atoms with E-state index >= 15 is 0 Å². The van der Waals surface area contributed by atoms with Gasteiger partial charge in [-0.25, -0.2) is 9.18 Å². The average Bonchev–Trinajstić information content (AvgIpc) is 2.86. The van der Waals surface area contributed by atoms with Gasteiger partial charge in [0.05, 0.1) is 0 Å². The lowest BCUT2D eigenvalue weighted by molar-refractivity contribution is 0.147. The van der Waals surface area contributed by atoms with Crippen molar-refractivity contribution in [1.29, 1.82) is 0 Å². The Kier molecular flexibility index (Phi) is 3.38. The van der Waals surface area contributed by atoms with Gasteiger partial charge in [-0.05, 0) is 37.0 Å². The summed E-state index contributed by atoms with van der Waals surface area (Å²) >= 11 is 0. The lowest BCUT2D eigenvalue weighted by atomic mass is 9.92. The number of carbonyl (C=O) groups is 1. The van der Waals surface area contributed by atoms with Crippen LogP contribution in [0.4, 0.5) is 14.9 Å². The van der Waals surface area contributed by atoms with Crippen molar-refractivity contribution in [3.05, 3.63) is 30.1 Å². The fourth-order valence-electron chi connectivity index (χ4n) is 3.08. The molecule has 0 spiro atoms. The molecule has 2 aliphatic heterocycles. The summed E-state index contributed by atoms with van der Waals surface area (Å²) in [5.74, 6) is 0.226. The van der Waals surface area contributed by atoms with Crippen molar-refractivity contribution < 1.29 is 9.18 Å². The molecule has 2 unspecified atom stereocenters. The Morgan fingerprint density at radius 3 is 3.16 bits per heavy atom. The highest BCUT2D eigenvalue weighted by molar-refractivity contribution is 5.89. The maximum Gasteiger partial charge on any atom is 0.322 e. The van der Waals surface area contributed by atoms with Crippen molar-refractivity contribution in [1.82, 2.24) is 10.2 Å². The van der Waals surface area contributed by atoms with Crippen molar-refractivity contribution in [3.63, 3.8) is 0 Å². The van der Waals surface area contributed by atoms with Crippen LogP contribution in [-0.4, -0.2) is 36.6 Å². The van der Waals surface area contributed by atoms with Crippen LogP contribution in [-0.2, 0) is 0 Å². The minimum Gasteiger partial charge on any atom is -0.320 e. The molecule has 1 aromatic carbocycles. The Hall–Kier alpha value is -1.62. The van der Waals surface area contributed by atoms with Gasteiger partial charge in [0.15, 0.2) is 0 Å². The molecule has 3 rings (SSSR count). The van der Waals surface area contributed by atoms with Crippen LogP contribution < -0.4 is 10.6 Å². The fraction of sp³-hybridized carbons (Fsp3) is 0.500. The van der Waals surface area contributed by atoms with Gasteiger partial charge >= 0.3 is 6.03 Å². The number of nitrogens with zero attached hydrogens (tertiary/aromatic N) is 1. The summed E-state index contributed by atoms with van der Waals surface area (Å²) in [4.78, 5) is 14.2. The van der Waals surface area contributed by atoms with Crippen molar-refractivity contribution in [3.8, 4) is 0 Å². The number of benzene rings is 1. The minimum absolute atomic E-state index is 0.121. The number of piperidine rings is 1. The number of hydrogen-bond acceptors (Lipinski definition) is 2. The van der Waals surface area contributed by atoms with Crippen molar-refractivity contribution in [2.75, 3.05) is 25.0 Å². The molecule has 102 valence electrons. The van der Waals surface area contributed by atoms with E-state index in [2.05, 4.69) is 10.6 Å². The number of fused-ring (bicyclic) bond motifs is 1. The van der Waals surface area contributed by atoms with E-state index in [1.165, 1.54) is 18.6 Å². The van der Waals surface area contributed by atoms with E-state index in [0.717, 1.165) is 26.1 Å². The van der Waals surface area contributed by atoms with E-state index in [-0.39, 0.29) is 17.9 Å². The molecule has 2 aliphatic rings. The molecule has 0 aromatic heterocycles. The highest BCUT2D eigenvalue weighted by Crippen LogP contribution is 2.27. The van der Waals surface area contributed by atoms with E-state index in [1.54, 1.807) is 12.1 Å². The van der Waals surface area contributed by atoms with E-state index in [1.807, 2.05) is 4.90 Å². The molecule has 2 fully saturated rings. The van der Waals surface area contributed by atoms with E-state index in [4.69, 9.17) is 0 Å². The van der Waals surface area contributed by atoms with Crippen LogP contribution in [0.15, 0.2) is 24.3 Å². The van der Waals surface area contributed by atoms with Crippen molar-refractivity contribution in [2.24, 2.45) is 5.92 Å². The normalized spacial score (nSPS) is 26.1. The van der Waals surface area contributed by atoms with Crippen LogP contribution in [0.25, 0.3) is 0 Å². The number of anilines is 1. The van der Waals surface area contributed by atoms with Gasteiger partial charge in [-0.1, -0.05) is 6.07 Å². The Bertz CT molecular complexity index is 480. The second-order valence-corrected chi connectivity index (χ2v) is 5.26. The van der Waals surface area contributed by atoms with Crippen LogP contribution in [0.1, 0.15) is 12.8 Å². The SMILES string of the molecule is O=C(Nc1cccc(F)c1)N1CCCC2CNCC21. The monoisotopic (exact) mass is 263 g/mol. The van der Waals surface area contributed by atoms with Crippen LogP contribution in [0.2, 0.25) is 0 Å². The number of nitrogens with one attached hydrogen (secondary N) is 2. The van der Waals surface area contributed by atoms with Gasteiger partial charge in [0.1, 0.15) is 5.82 Å². The highest BCUT2D eigenvalue weighted by atomic mass is 19.1. The second-order valence-electron chi connectivity index (χ2n) is 5.26. The quantitative estimate of drug-likeness (QED) is 0.814. The van der Waals surface area contributed by atoms with Gasteiger partial charge in [-0.2, -0.15) is 0 Å². The zero-order valence-electron chi connectivity index (χ0n) is 10.7. The molecule has 19 heavy (non-hydrogen) atoms. The van der Waals surface area contributed by atoms with E-state index in [9.17, 15) is 9.18 Å². The third kappa shape index (κ3) is 2.56. The first-order valence-electron chi connectivity index (χ1n) is 6.78. The van der Waals surface area contributed by atoms with Crippen molar-refractivity contribution >= 4 is 11.7 Å². The predicted molar refractivity (Wildman–Crippen MR) is 71.5 cm³/mol. The van der Waals surface area contributed by atoms with E-state index in [0.29, 0.717) is 11.6 Å². The van der Waals surface area contributed by atoms with Gasteiger partial charge in [0.25, 0.3) is 0 Å². The van der Waals surface area contributed by atoms with Crippen LogP contribution in [0.3, 0.4) is 0 Å². The molecule has 0 bridgehead atoms. The molecule has 5 heteroatoms. The maximum absolute atomic E-state index is 13.1. The zero-order chi connectivity index (χ0) is 13.2. The number of halogens is 1. The Balaban J connectivity index is 1.69. The fourth-order valence-corrected chi connectivity index (χ4v) is 3.08. The van der Waals surface area contributed by atoms with Crippen LogP contribution in [0, 0.1) is 11.7 Å². The molecular weight excluding hydrogens is 245 g/mol. The molecule has 0 radical (unpaired) electrons. The smallest absolute Gasteiger partial charge is 0.320 e. The summed E-state index contributed by atoms with van der Waals surface area (Å²) in [6.45, 7) is 2.64. The molecular formula is C14H18FN3O. The van der Waals surface area contributed by atoms with Crippen molar-refractivity contribution in [2.45, 2.75) is 18.9 Å². The number of urea groups is 1. The molecule has 2 atom stereocenters. The molecule has 2 amide bonds. The van der Waals surface area contributed by atoms with Gasteiger partial charge in [0.2, 0.25) is 0 Å². The summed E-state index contributed by atoms with van der Waals surface area (Å²) in [6, 6.07) is 6.17. The molecule has 4 nitrogen and oxygen atoms in total. The number of amides is 2. The zero-order valence-corrected chi connectivity index (χ0v) is 10.7. The Morgan fingerprint density at radius 2 is 2.32 bits per heavy atom. The number of carbonyl (C=O) groups excluding carboxylic acids is 1. The van der Waals surface area contributed by atoms with E-state index < -0.39 is 0 Å². The average molecular weight is 263 g/mol. The standard InChI is InChI=1S/C14H18FN3O/c15-11-4-1-5-12(7-11)17-14(19)18-6-2-3-10-8-16-9-13(10)18/h1,4-5,7,10,13,16H,2-3,6,8-9H2,(H,17,19). The molecule has 0 saturated carbocycles. The van der Waals surface area contributed by atoms with Gasteiger partial charge in [0, 0.05) is 31.4 Å². The molecule has 1 aromatic rings. The summed E-state index contributed by atoms with van der Waals surface area (Å²) in [5.41, 5.74) is 0.512. The number of likely N-dealkylation sites (tertiary alicyclic amines) is 1. The topological polar surface area (TPSA) is 44.4 Å². The third-order valence-electron chi connectivity index (χ3n) is 4.02. The summed E-state index contributed by atoms with van der Waals surface area (Å²) < 4.78 is 13.1. The first kappa shape index (κ1) is 12.4. The van der Waals surface area contributed by atoms with Gasteiger partial charge in [-0.15, -0.1) is 0 Å². The minimum atomic E-state index is -0.336. The first-order chi connectivity index (χ1) is 9.24. The molecule has 2 N–H and O–H groups in total. The van der Waals surface area contributed by atoms with Crippen LogP contribution in [0.5, 0.6) is 0 Å². The molecule has 2 saturated heterocycles. The number of hydrogen-bond donors (Lipinski definition) is 2. The lowest BCUT2D eigenvalue weighted by Crippen LogP contribution is -2.50. The second kappa shape index (κ2) is 5.17. The summed E-state index contributed by atoms with van der Waals surface area (Å²) in [5, 5.41) is 6.12. The van der Waals surface area contributed by atoms with Gasteiger partial charge < -0.3 is 15.5 Å². The predicted octanol–water partition coefficient (Wildman–Crippen LogP) is 2.04. The lowest BCUT2D eigenvalue weighted by Gasteiger charge is -2.36. The first-order valence-corrected chi connectivity index (χ1v) is 6.78. The third-order valence-corrected chi connectivity index (χ3v) is 4.02. The molecule has 2 heterocycles. The number of rotatable bonds is 1. The Labute approximate surface area is 112 Å². The molecule has 0 aliphatic carbocycles. The largest absolute Gasteiger partial charge is 0.322 e.